The second-order valence-corrected chi connectivity index (χ2v) is 6.77. The van der Waals surface area contributed by atoms with Gasteiger partial charge in [-0.1, -0.05) is 41.6 Å². The van der Waals surface area contributed by atoms with Gasteiger partial charge in [0, 0.05) is 18.0 Å². The normalized spacial score (nSPS) is 16.4. The van der Waals surface area contributed by atoms with Crippen LogP contribution < -0.4 is 10.1 Å². The molecule has 0 aliphatic carbocycles. The van der Waals surface area contributed by atoms with Gasteiger partial charge in [0.05, 0.1) is 12.2 Å². The molecule has 1 unspecified atom stereocenters. The van der Waals surface area contributed by atoms with Gasteiger partial charge in [0.1, 0.15) is 5.75 Å². The Kier molecular flexibility index (Phi) is 3.86. The highest BCUT2D eigenvalue weighted by molar-refractivity contribution is 5.88. The smallest absolute Gasteiger partial charge is 0.278 e. The summed E-state index contributed by atoms with van der Waals surface area (Å²) in [6.07, 6.45) is 0. The Bertz CT molecular complexity index is 1100. The monoisotopic (exact) mass is 361 g/mol. The van der Waals surface area contributed by atoms with Gasteiger partial charge in [-0.05, 0) is 24.4 Å². The summed E-state index contributed by atoms with van der Waals surface area (Å²) < 4.78 is 13.3. The molecule has 3 heterocycles. The third-order valence-electron chi connectivity index (χ3n) is 4.74. The van der Waals surface area contributed by atoms with Crippen LogP contribution in [0.1, 0.15) is 18.4 Å². The Morgan fingerprint density at radius 3 is 3.07 bits per heavy atom. The fraction of sp³-hybridized carbons (Fsp3) is 0.250. The third kappa shape index (κ3) is 3.06. The Balaban J connectivity index is 1.34. The first-order chi connectivity index (χ1) is 13.3. The molecule has 0 amide bonds. The van der Waals surface area contributed by atoms with Crippen LogP contribution in [0.4, 0.5) is 0 Å². The summed E-state index contributed by atoms with van der Waals surface area (Å²) in [5.41, 5.74) is 1.82. The molecule has 0 saturated carbocycles. The van der Waals surface area contributed by atoms with E-state index in [1.165, 1.54) is 0 Å². The van der Waals surface area contributed by atoms with Crippen molar-refractivity contribution in [2.75, 3.05) is 0 Å². The minimum absolute atomic E-state index is 0.240. The average Bonchev–Trinajstić information content (AvgIpc) is 3.32. The van der Waals surface area contributed by atoms with E-state index < -0.39 is 0 Å². The van der Waals surface area contributed by atoms with Gasteiger partial charge in [-0.3, -0.25) is 4.68 Å². The van der Waals surface area contributed by atoms with Crippen molar-refractivity contribution in [2.24, 2.45) is 0 Å². The van der Waals surface area contributed by atoms with Gasteiger partial charge < -0.3 is 14.6 Å². The number of fused-ring (bicyclic) bond motifs is 2. The summed E-state index contributed by atoms with van der Waals surface area (Å²) >= 11 is 0. The molecule has 0 spiro atoms. The van der Waals surface area contributed by atoms with Crippen LogP contribution in [0.5, 0.6) is 5.75 Å². The van der Waals surface area contributed by atoms with Crippen LogP contribution in [0.3, 0.4) is 0 Å². The van der Waals surface area contributed by atoms with Gasteiger partial charge in [0.2, 0.25) is 5.82 Å². The molecule has 1 atom stereocenters. The number of ether oxygens (including phenoxy) is 1. The number of hydrogen-bond donors (Lipinski definition) is 1. The molecule has 0 radical (unpaired) electrons. The van der Waals surface area contributed by atoms with Crippen LogP contribution >= 0.6 is 0 Å². The van der Waals surface area contributed by atoms with Crippen LogP contribution in [-0.2, 0) is 19.7 Å². The second-order valence-electron chi connectivity index (χ2n) is 6.77. The van der Waals surface area contributed by atoms with Gasteiger partial charge in [0.15, 0.2) is 12.3 Å². The highest BCUT2D eigenvalue weighted by Gasteiger charge is 2.20. The highest BCUT2D eigenvalue weighted by Crippen LogP contribution is 2.26. The number of rotatable bonds is 4. The van der Waals surface area contributed by atoms with Crippen molar-refractivity contribution in [3.63, 3.8) is 0 Å². The number of aromatic nitrogens is 4. The minimum Gasteiger partial charge on any atom is -0.485 e. The molecule has 7 nitrogen and oxygen atoms in total. The Morgan fingerprint density at radius 2 is 2.11 bits per heavy atom. The molecule has 27 heavy (non-hydrogen) atoms. The van der Waals surface area contributed by atoms with Crippen LogP contribution in [0, 0.1) is 0 Å². The fourth-order valence-electron chi connectivity index (χ4n) is 3.34. The zero-order valence-electron chi connectivity index (χ0n) is 14.9. The molecule has 2 aromatic carbocycles. The largest absolute Gasteiger partial charge is 0.485 e. The van der Waals surface area contributed by atoms with E-state index in [-0.39, 0.29) is 6.61 Å². The number of nitrogens with one attached hydrogen (secondary N) is 1. The lowest BCUT2D eigenvalue weighted by atomic mass is 10.1. The summed E-state index contributed by atoms with van der Waals surface area (Å²) in [4.78, 5) is 4.44. The quantitative estimate of drug-likeness (QED) is 0.602. The van der Waals surface area contributed by atoms with Crippen molar-refractivity contribution in [3.05, 3.63) is 60.0 Å². The Hall–Kier alpha value is -3.19. The second kappa shape index (κ2) is 6.51. The molecular formula is C20H19N5O2. The summed E-state index contributed by atoms with van der Waals surface area (Å²) in [7, 11) is 0. The summed E-state index contributed by atoms with van der Waals surface area (Å²) in [6.45, 7) is 4.00. The Morgan fingerprint density at radius 1 is 1.22 bits per heavy atom. The highest BCUT2D eigenvalue weighted by atomic mass is 16.5. The lowest BCUT2D eigenvalue weighted by molar-refractivity contribution is 0.290. The van der Waals surface area contributed by atoms with Crippen molar-refractivity contribution in [1.82, 2.24) is 25.2 Å². The van der Waals surface area contributed by atoms with E-state index in [0.717, 1.165) is 35.3 Å². The van der Waals surface area contributed by atoms with Crippen molar-refractivity contribution in [3.8, 4) is 17.3 Å². The Labute approximate surface area is 156 Å². The standard InChI is InChI=1S/C20H19N5O2/c1-13-11-25-15(10-21-13)9-17(23-25)20-22-19(24-27-20)12-26-18-8-4-6-14-5-2-3-7-16(14)18/h2-9,13,21H,10-12H2,1H3. The third-order valence-corrected chi connectivity index (χ3v) is 4.74. The summed E-state index contributed by atoms with van der Waals surface area (Å²) in [5, 5.41) is 14.2. The minimum atomic E-state index is 0.240. The van der Waals surface area contributed by atoms with Gasteiger partial charge in [0.25, 0.3) is 5.89 Å². The predicted octanol–water partition coefficient (Wildman–Crippen LogP) is 3.16. The van der Waals surface area contributed by atoms with E-state index >= 15 is 0 Å². The van der Waals surface area contributed by atoms with E-state index in [9.17, 15) is 0 Å². The zero-order valence-corrected chi connectivity index (χ0v) is 14.9. The first kappa shape index (κ1) is 16.0. The molecule has 1 aliphatic heterocycles. The summed E-state index contributed by atoms with van der Waals surface area (Å²) in [5.74, 6) is 1.72. The molecule has 136 valence electrons. The number of benzene rings is 2. The number of nitrogens with zero attached hydrogens (tertiary/aromatic N) is 4. The molecule has 0 saturated heterocycles. The van der Waals surface area contributed by atoms with Crippen LogP contribution in [0.25, 0.3) is 22.4 Å². The topological polar surface area (TPSA) is 78.0 Å². The molecule has 0 fully saturated rings. The van der Waals surface area contributed by atoms with E-state index in [1.807, 2.05) is 41.1 Å². The van der Waals surface area contributed by atoms with E-state index in [0.29, 0.717) is 23.5 Å². The van der Waals surface area contributed by atoms with E-state index in [4.69, 9.17) is 9.26 Å². The molecule has 5 rings (SSSR count). The van der Waals surface area contributed by atoms with Crippen molar-refractivity contribution < 1.29 is 9.26 Å². The molecule has 2 aromatic heterocycles. The lowest BCUT2D eigenvalue weighted by Gasteiger charge is -2.21. The summed E-state index contributed by atoms with van der Waals surface area (Å²) in [6, 6.07) is 16.5. The van der Waals surface area contributed by atoms with Crippen LogP contribution in [-0.4, -0.2) is 26.0 Å². The van der Waals surface area contributed by atoms with Gasteiger partial charge in [-0.2, -0.15) is 10.1 Å². The van der Waals surface area contributed by atoms with Crippen LogP contribution in [0.15, 0.2) is 53.1 Å². The zero-order chi connectivity index (χ0) is 18.2. The maximum Gasteiger partial charge on any atom is 0.278 e. The molecule has 7 heteroatoms. The number of hydrogen-bond acceptors (Lipinski definition) is 6. The molecule has 4 aromatic rings. The van der Waals surface area contributed by atoms with Gasteiger partial charge in [-0.15, -0.1) is 0 Å². The molecule has 0 bridgehead atoms. The van der Waals surface area contributed by atoms with E-state index in [1.54, 1.807) is 0 Å². The maximum absolute atomic E-state index is 5.93. The first-order valence-electron chi connectivity index (χ1n) is 9.00. The van der Waals surface area contributed by atoms with Crippen molar-refractivity contribution >= 4 is 10.8 Å². The fourth-order valence-corrected chi connectivity index (χ4v) is 3.34. The van der Waals surface area contributed by atoms with E-state index in [2.05, 4.69) is 39.6 Å². The molecule has 1 aliphatic rings. The lowest BCUT2D eigenvalue weighted by Crippen LogP contribution is -2.36. The average molecular weight is 361 g/mol. The van der Waals surface area contributed by atoms with Gasteiger partial charge >= 0.3 is 0 Å². The van der Waals surface area contributed by atoms with Crippen LogP contribution in [0.2, 0.25) is 0 Å². The molecular weight excluding hydrogens is 342 g/mol. The SMILES string of the molecule is CC1Cn2nc(-c3nc(COc4cccc5ccccc45)no3)cc2CN1. The molecule has 1 N–H and O–H groups in total. The first-order valence-corrected chi connectivity index (χ1v) is 9.00. The predicted molar refractivity (Wildman–Crippen MR) is 100 cm³/mol. The van der Waals surface area contributed by atoms with Crippen molar-refractivity contribution in [2.45, 2.75) is 32.7 Å². The maximum atomic E-state index is 5.93. The van der Waals surface area contributed by atoms with Gasteiger partial charge in [-0.25, -0.2) is 0 Å². The van der Waals surface area contributed by atoms with Crippen molar-refractivity contribution in [1.29, 1.82) is 0 Å².